The van der Waals surface area contributed by atoms with Crippen LogP contribution in [0.4, 0.5) is 0 Å². The highest BCUT2D eigenvalue weighted by molar-refractivity contribution is 6.19. The molecule has 0 radical (unpaired) electrons. The Morgan fingerprint density at radius 3 is 1.81 bits per heavy atom. The molecule has 0 bridgehead atoms. The smallest absolute Gasteiger partial charge is 0.336 e. The van der Waals surface area contributed by atoms with Crippen LogP contribution in [0, 0.1) is 0 Å². The lowest BCUT2D eigenvalue weighted by Gasteiger charge is -2.09. The maximum Gasteiger partial charge on any atom is 0.336 e. The minimum Gasteiger partial charge on any atom is -0.507 e. The van der Waals surface area contributed by atoms with Crippen molar-refractivity contribution in [1.29, 1.82) is 0 Å². The fourth-order valence-corrected chi connectivity index (χ4v) is 1.96. The lowest BCUT2D eigenvalue weighted by molar-refractivity contribution is 0.0686. The lowest BCUT2D eigenvalue weighted by atomic mass is 9.94. The van der Waals surface area contributed by atoms with E-state index in [2.05, 4.69) is 0 Å². The minimum absolute atomic E-state index is 0.186. The molecule has 6 nitrogen and oxygen atoms in total. The van der Waals surface area contributed by atoms with Gasteiger partial charge in [0.25, 0.3) is 0 Å². The molecule has 0 aliphatic rings. The average molecular weight is 286 g/mol. The summed E-state index contributed by atoms with van der Waals surface area (Å²) in [7, 11) is 0. The first-order chi connectivity index (χ1) is 9.93. The maximum atomic E-state index is 12.4. The molecule has 0 spiro atoms. The number of rotatable bonds is 4. The fraction of sp³-hybridized carbons (Fsp3) is 0. The van der Waals surface area contributed by atoms with Crippen LogP contribution in [0.5, 0.6) is 5.75 Å². The number of benzene rings is 2. The molecule has 0 aromatic heterocycles. The van der Waals surface area contributed by atoms with Crippen molar-refractivity contribution in [3.05, 3.63) is 64.7 Å². The summed E-state index contributed by atoms with van der Waals surface area (Å²) >= 11 is 0. The molecule has 0 saturated carbocycles. The molecule has 2 rings (SSSR count). The predicted octanol–water partition coefficient (Wildman–Crippen LogP) is 2.02. The Balaban J connectivity index is 2.67. The summed E-state index contributed by atoms with van der Waals surface area (Å²) < 4.78 is 0. The van der Waals surface area contributed by atoms with Gasteiger partial charge < -0.3 is 15.3 Å². The molecule has 21 heavy (non-hydrogen) atoms. The normalized spacial score (nSPS) is 10.1. The number of ketones is 1. The Morgan fingerprint density at radius 1 is 0.714 bits per heavy atom. The van der Waals surface area contributed by atoms with E-state index in [4.69, 9.17) is 10.2 Å². The van der Waals surface area contributed by atoms with E-state index in [1.165, 1.54) is 42.5 Å². The topological polar surface area (TPSA) is 112 Å². The third-order valence-corrected chi connectivity index (χ3v) is 2.90. The van der Waals surface area contributed by atoms with Crippen LogP contribution >= 0.6 is 0 Å². The van der Waals surface area contributed by atoms with Crippen LogP contribution < -0.4 is 0 Å². The monoisotopic (exact) mass is 286 g/mol. The van der Waals surface area contributed by atoms with Gasteiger partial charge in [-0.15, -0.1) is 0 Å². The third-order valence-electron chi connectivity index (χ3n) is 2.90. The van der Waals surface area contributed by atoms with E-state index in [9.17, 15) is 19.5 Å². The highest BCUT2D eigenvalue weighted by Gasteiger charge is 2.24. The van der Waals surface area contributed by atoms with E-state index in [1.807, 2.05) is 0 Å². The lowest BCUT2D eigenvalue weighted by Crippen LogP contribution is -2.13. The largest absolute Gasteiger partial charge is 0.507 e. The second-order valence-corrected chi connectivity index (χ2v) is 4.18. The first-order valence-corrected chi connectivity index (χ1v) is 5.85. The van der Waals surface area contributed by atoms with Crippen molar-refractivity contribution in [3.63, 3.8) is 0 Å². The predicted molar refractivity (Wildman–Crippen MR) is 71.9 cm³/mol. The van der Waals surface area contributed by atoms with Crippen LogP contribution in [0.3, 0.4) is 0 Å². The van der Waals surface area contributed by atoms with Gasteiger partial charge in [-0.05, 0) is 18.2 Å². The number of carboxylic acids is 2. The molecular formula is C15H10O6. The number of hydrogen-bond donors (Lipinski definition) is 3. The van der Waals surface area contributed by atoms with Crippen LogP contribution in [0.25, 0.3) is 0 Å². The van der Waals surface area contributed by atoms with Crippen molar-refractivity contribution in [1.82, 2.24) is 0 Å². The van der Waals surface area contributed by atoms with E-state index in [1.54, 1.807) is 0 Å². The van der Waals surface area contributed by atoms with Crippen LogP contribution in [-0.2, 0) is 0 Å². The fourth-order valence-electron chi connectivity index (χ4n) is 1.96. The third kappa shape index (κ3) is 2.59. The van der Waals surface area contributed by atoms with E-state index in [0.717, 1.165) is 0 Å². The van der Waals surface area contributed by atoms with Gasteiger partial charge in [0.05, 0.1) is 16.7 Å². The zero-order valence-corrected chi connectivity index (χ0v) is 10.6. The number of carboxylic acid groups (broad SMARTS) is 2. The molecular weight excluding hydrogens is 276 g/mol. The number of phenolic OH excluding ortho intramolecular Hbond substituents is 1. The molecule has 2 aromatic rings. The van der Waals surface area contributed by atoms with Gasteiger partial charge >= 0.3 is 11.9 Å². The molecule has 0 fully saturated rings. The summed E-state index contributed by atoms with van der Waals surface area (Å²) in [5.41, 5.74) is -1.27. The van der Waals surface area contributed by atoms with Gasteiger partial charge in [-0.25, -0.2) is 9.59 Å². The Hall–Kier alpha value is -3.15. The number of phenols is 1. The van der Waals surface area contributed by atoms with Crippen LogP contribution in [0.15, 0.2) is 42.5 Å². The van der Waals surface area contributed by atoms with Crippen LogP contribution in [0.1, 0.15) is 36.6 Å². The van der Waals surface area contributed by atoms with Gasteiger partial charge in [-0.3, -0.25) is 4.79 Å². The van der Waals surface area contributed by atoms with Crippen molar-refractivity contribution in [3.8, 4) is 5.75 Å². The van der Waals surface area contributed by atoms with Gasteiger partial charge in [0.2, 0.25) is 0 Å². The standard InChI is InChI=1S/C15H10O6/c16-11-7-3-6-10(15(20)21)12(11)13(17)8-4-1-2-5-9(8)14(18)19/h1-7,16H,(H,18,19)(H,20,21). The molecule has 0 aliphatic carbocycles. The first kappa shape index (κ1) is 14.3. The average Bonchev–Trinajstić information content (AvgIpc) is 2.46. The zero-order chi connectivity index (χ0) is 15.6. The van der Waals surface area contributed by atoms with E-state index in [-0.39, 0.29) is 16.7 Å². The summed E-state index contributed by atoms with van der Waals surface area (Å²) in [6, 6.07) is 9.03. The first-order valence-electron chi connectivity index (χ1n) is 5.85. The molecule has 0 unspecified atom stereocenters. The van der Waals surface area contributed by atoms with Crippen LogP contribution in [-0.4, -0.2) is 33.0 Å². The van der Waals surface area contributed by atoms with Crippen molar-refractivity contribution in [2.75, 3.05) is 0 Å². The SMILES string of the molecule is O=C(O)c1ccccc1C(=O)c1c(O)cccc1C(=O)O. The Morgan fingerprint density at radius 2 is 1.24 bits per heavy atom. The minimum atomic E-state index is -1.39. The van der Waals surface area contributed by atoms with Gasteiger partial charge in [0.15, 0.2) is 5.78 Å². The second kappa shape index (κ2) is 5.46. The Bertz CT molecular complexity index is 748. The number of aromatic hydroxyl groups is 1. The van der Waals surface area contributed by atoms with Gasteiger partial charge in [-0.2, -0.15) is 0 Å². The van der Waals surface area contributed by atoms with Gasteiger partial charge in [0.1, 0.15) is 5.75 Å². The Kier molecular flexibility index (Phi) is 3.71. The zero-order valence-electron chi connectivity index (χ0n) is 10.6. The second-order valence-electron chi connectivity index (χ2n) is 4.18. The molecule has 2 aromatic carbocycles. The van der Waals surface area contributed by atoms with Crippen molar-refractivity contribution in [2.24, 2.45) is 0 Å². The van der Waals surface area contributed by atoms with Crippen molar-refractivity contribution in [2.45, 2.75) is 0 Å². The highest BCUT2D eigenvalue weighted by atomic mass is 16.4. The van der Waals surface area contributed by atoms with E-state index < -0.39 is 29.0 Å². The number of hydrogen-bond acceptors (Lipinski definition) is 4. The summed E-state index contributed by atoms with van der Waals surface area (Å²) in [5, 5.41) is 27.9. The molecule has 0 atom stereocenters. The summed E-state index contributed by atoms with van der Waals surface area (Å²) in [6.07, 6.45) is 0. The summed E-state index contributed by atoms with van der Waals surface area (Å²) in [5.74, 6) is -4.07. The quantitative estimate of drug-likeness (QED) is 0.741. The van der Waals surface area contributed by atoms with E-state index >= 15 is 0 Å². The number of carbonyl (C=O) groups excluding carboxylic acids is 1. The molecule has 106 valence electrons. The van der Waals surface area contributed by atoms with Crippen LogP contribution in [0.2, 0.25) is 0 Å². The van der Waals surface area contributed by atoms with Crippen molar-refractivity contribution < 1.29 is 29.7 Å². The number of aromatic carboxylic acids is 2. The van der Waals surface area contributed by atoms with E-state index in [0.29, 0.717) is 0 Å². The van der Waals surface area contributed by atoms with Gasteiger partial charge in [0, 0.05) is 5.56 Å². The summed E-state index contributed by atoms with van der Waals surface area (Å²) in [6.45, 7) is 0. The summed E-state index contributed by atoms with van der Waals surface area (Å²) in [4.78, 5) is 34.7. The molecule has 3 N–H and O–H groups in total. The van der Waals surface area contributed by atoms with Gasteiger partial charge in [-0.1, -0.05) is 24.3 Å². The number of carbonyl (C=O) groups is 3. The Labute approximate surface area is 118 Å². The van der Waals surface area contributed by atoms with Crippen molar-refractivity contribution >= 4 is 17.7 Å². The molecule has 0 saturated heterocycles. The molecule has 0 amide bonds. The molecule has 0 heterocycles. The molecule has 0 aliphatic heterocycles. The maximum absolute atomic E-state index is 12.4. The highest BCUT2D eigenvalue weighted by Crippen LogP contribution is 2.25. The molecule has 6 heteroatoms.